The molecule has 3 aromatic carbocycles. The maximum absolute atomic E-state index is 14.7. The monoisotopic (exact) mass is 507 g/mol. The van der Waals surface area contributed by atoms with Crippen LogP contribution in [-0.2, 0) is 31.7 Å². The number of para-hydroxylation sites is 1. The van der Waals surface area contributed by atoms with Gasteiger partial charge >= 0.3 is 5.97 Å². The fraction of sp³-hybridized carbons (Fsp3) is 0.194. The molecule has 0 saturated heterocycles. The van der Waals surface area contributed by atoms with Gasteiger partial charge in [0.25, 0.3) is 0 Å². The standard InChI is InChI=1S/C31H25NO4S/c1-2-36-29(35)31(25-18-11-19-37-25)27(26(33)22-14-7-4-8-15-22)30(31)23-16-9-10-17-24(23)32(28(30)34)20-21-12-5-3-6-13-21/h3-19,27H,2,20H2,1H3/t27-,30?,31-/m0/s1. The van der Waals surface area contributed by atoms with E-state index in [1.165, 1.54) is 11.3 Å². The summed E-state index contributed by atoms with van der Waals surface area (Å²) in [6.07, 6.45) is 0. The lowest BCUT2D eigenvalue weighted by Crippen LogP contribution is -2.39. The minimum absolute atomic E-state index is 0.151. The molecule has 2 heterocycles. The summed E-state index contributed by atoms with van der Waals surface area (Å²) in [5.41, 5.74) is 0.0376. The van der Waals surface area contributed by atoms with Crippen LogP contribution in [0.2, 0.25) is 0 Å². The van der Waals surface area contributed by atoms with Crippen molar-refractivity contribution in [2.45, 2.75) is 24.3 Å². The third kappa shape index (κ3) is 3.12. The highest BCUT2D eigenvalue weighted by molar-refractivity contribution is 7.10. The SMILES string of the molecule is CCOC(=O)[C@]1(c2cccs2)[C@@H](C(=O)c2ccccc2)C12C(=O)N(Cc1ccccc1)c1ccccc12. The smallest absolute Gasteiger partial charge is 0.319 e. The van der Waals surface area contributed by atoms with Crippen molar-refractivity contribution < 1.29 is 19.1 Å². The molecule has 5 nitrogen and oxygen atoms in total. The number of rotatable bonds is 7. The fourth-order valence-corrected chi connectivity index (χ4v) is 7.17. The van der Waals surface area contributed by atoms with Crippen molar-refractivity contribution in [3.05, 3.63) is 124 Å². The van der Waals surface area contributed by atoms with Gasteiger partial charge in [-0.25, -0.2) is 0 Å². The summed E-state index contributed by atoms with van der Waals surface area (Å²) >= 11 is 1.38. The van der Waals surface area contributed by atoms with Crippen LogP contribution in [-0.4, -0.2) is 24.3 Å². The van der Waals surface area contributed by atoms with E-state index in [-0.39, 0.29) is 18.3 Å². The molecule has 37 heavy (non-hydrogen) atoms. The van der Waals surface area contributed by atoms with E-state index in [0.717, 1.165) is 11.3 Å². The van der Waals surface area contributed by atoms with Gasteiger partial charge in [-0.1, -0.05) is 84.9 Å². The summed E-state index contributed by atoms with van der Waals surface area (Å²) in [6.45, 7) is 2.24. The second kappa shape index (κ2) is 8.82. The minimum Gasteiger partial charge on any atom is -0.465 e. The molecule has 1 aromatic heterocycles. The fourth-order valence-electron chi connectivity index (χ4n) is 6.16. The van der Waals surface area contributed by atoms with Crippen LogP contribution in [0, 0.1) is 5.92 Å². The lowest BCUT2D eigenvalue weighted by molar-refractivity contribution is -0.148. The number of amides is 1. The number of nitrogens with zero attached hydrogens (tertiary/aromatic N) is 1. The molecule has 0 N–H and O–H groups in total. The Balaban J connectivity index is 1.60. The van der Waals surface area contributed by atoms with E-state index in [9.17, 15) is 14.4 Å². The molecule has 1 saturated carbocycles. The van der Waals surface area contributed by atoms with E-state index in [1.54, 1.807) is 36.1 Å². The van der Waals surface area contributed by atoms with Crippen LogP contribution in [0.1, 0.15) is 33.3 Å². The average molecular weight is 508 g/mol. The Morgan fingerprint density at radius 3 is 2.24 bits per heavy atom. The third-order valence-electron chi connectivity index (χ3n) is 7.62. The second-order valence-electron chi connectivity index (χ2n) is 9.37. The zero-order valence-electron chi connectivity index (χ0n) is 20.3. The quantitative estimate of drug-likeness (QED) is 0.243. The topological polar surface area (TPSA) is 63.7 Å². The molecule has 184 valence electrons. The summed E-state index contributed by atoms with van der Waals surface area (Å²) in [5, 5.41) is 1.87. The summed E-state index contributed by atoms with van der Waals surface area (Å²) < 4.78 is 5.66. The number of hydrogen-bond acceptors (Lipinski definition) is 5. The Morgan fingerprint density at radius 1 is 0.892 bits per heavy atom. The zero-order valence-corrected chi connectivity index (χ0v) is 21.1. The molecule has 2 aliphatic rings. The van der Waals surface area contributed by atoms with Gasteiger partial charge in [0.05, 0.1) is 19.1 Å². The van der Waals surface area contributed by atoms with E-state index in [0.29, 0.717) is 22.5 Å². The van der Waals surface area contributed by atoms with Crippen LogP contribution in [0.3, 0.4) is 0 Å². The number of ether oxygens (including phenoxy) is 1. The number of carbonyl (C=O) groups is 3. The van der Waals surface area contributed by atoms with E-state index < -0.39 is 22.7 Å². The number of ketones is 1. The number of fused-ring (bicyclic) bond motifs is 2. The Labute approximate surface area is 219 Å². The molecule has 3 atom stereocenters. The van der Waals surface area contributed by atoms with Gasteiger partial charge in [0, 0.05) is 16.1 Å². The molecule has 6 heteroatoms. The van der Waals surface area contributed by atoms with Crippen LogP contribution in [0.5, 0.6) is 0 Å². The van der Waals surface area contributed by atoms with E-state index >= 15 is 0 Å². The summed E-state index contributed by atoms with van der Waals surface area (Å²) in [6, 6.07) is 29.9. The van der Waals surface area contributed by atoms with Crippen molar-refractivity contribution in [3.63, 3.8) is 0 Å². The molecule has 1 unspecified atom stereocenters. The molecule has 0 bridgehead atoms. The predicted octanol–water partition coefficient (Wildman–Crippen LogP) is 5.55. The third-order valence-corrected chi connectivity index (χ3v) is 8.62. The molecule has 1 amide bonds. The van der Waals surface area contributed by atoms with Gasteiger partial charge in [0.15, 0.2) is 5.78 Å². The average Bonchev–Trinajstić information content (AvgIpc) is 3.16. The van der Waals surface area contributed by atoms with Crippen LogP contribution >= 0.6 is 11.3 Å². The highest BCUT2D eigenvalue weighted by Crippen LogP contribution is 2.76. The molecule has 1 aliphatic carbocycles. The Kier molecular flexibility index (Phi) is 5.57. The van der Waals surface area contributed by atoms with Gasteiger partial charge in [-0.2, -0.15) is 0 Å². The van der Waals surface area contributed by atoms with Gasteiger partial charge in [0.1, 0.15) is 10.8 Å². The zero-order chi connectivity index (χ0) is 25.6. The number of anilines is 1. The minimum atomic E-state index is -1.44. The molecule has 1 spiro atoms. The van der Waals surface area contributed by atoms with Crippen molar-refractivity contribution in [1.82, 2.24) is 0 Å². The van der Waals surface area contributed by atoms with Crippen LogP contribution < -0.4 is 4.90 Å². The highest BCUT2D eigenvalue weighted by Gasteiger charge is 2.91. The lowest BCUT2D eigenvalue weighted by atomic mass is 9.85. The number of esters is 1. The molecule has 0 radical (unpaired) electrons. The van der Waals surface area contributed by atoms with Crippen molar-refractivity contribution in [3.8, 4) is 0 Å². The first-order chi connectivity index (χ1) is 18.1. The predicted molar refractivity (Wildman–Crippen MR) is 143 cm³/mol. The molecular formula is C31H25NO4S. The Hall–Kier alpha value is -4.03. The van der Waals surface area contributed by atoms with Gasteiger partial charge < -0.3 is 9.64 Å². The van der Waals surface area contributed by atoms with Crippen LogP contribution in [0.15, 0.2) is 102 Å². The van der Waals surface area contributed by atoms with E-state index in [2.05, 4.69) is 0 Å². The van der Waals surface area contributed by atoms with Crippen molar-refractivity contribution in [1.29, 1.82) is 0 Å². The number of Topliss-reactive ketones (excluding diaryl/α,β-unsaturated/α-hetero) is 1. The Morgan fingerprint density at radius 2 is 1.57 bits per heavy atom. The summed E-state index contributed by atoms with van der Waals surface area (Å²) in [7, 11) is 0. The highest BCUT2D eigenvalue weighted by atomic mass is 32.1. The maximum Gasteiger partial charge on any atom is 0.319 e. The number of carbonyl (C=O) groups excluding carboxylic acids is 3. The lowest BCUT2D eigenvalue weighted by Gasteiger charge is -2.21. The molecule has 1 fully saturated rings. The molecule has 6 rings (SSSR count). The maximum atomic E-state index is 14.7. The van der Waals surface area contributed by atoms with Gasteiger partial charge in [-0.05, 0) is 35.6 Å². The van der Waals surface area contributed by atoms with Gasteiger partial charge in [0.2, 0.25) is 5.91 Å². The second-order valence-corrected chi connectivity index (χ2v) is 10.3. The first-order valence-corrected chi connectivity index (χ1v) is 13.2. The first kappa shape index (κ1) is 23.4. The van der Waals surface area contributed by atoms with E-state index in [4.69, 9.17) is 4.74 Å². The number of hydrogen-bond donors (Lipinski definition) is 0. The van der Waals surface area contributed by atoms with Crippen LogP contribution in [0.4, 0.5) is 5.69 Å². The number of benzene rings is 3. The normalized spacial score (nSPS) is 23.6. The summed E-state index contributed by atoms with van der Waals surface area (Å²) in [4.78, 5) is 45.3. The molecule has 4 aromatic rings. The molecular weight excluding hydrogens is 482 g/mol. The van der Waals surface area contributed by atoms with E-state index in [1.807, 2.05) is 78.2 Å². The largest absolute Gasteiger partial charge is 0.465 e. The first-order valence-electron chi connectivity index (χ1n) is 12.3. The van der Waals surface area contributed by atoms with Gasteiger partial charge in [-0.15, -0.1) is 11.3 Å². The number of thiophene rings is 1. The van der Waals surface area contributed by atoms with Crippen molar-refractivity contribution >= 4 is 34.7 Å². The van der Waals surface area contributed by atoms with Crippen molar-refractivity contribution in [2.75, 3.05) is 11.5 Å². The van der Waals surface area contributed by atoms with Gasteiger partial charge in [-0.3, -0.25) is 14.4 Å². The van der Waals surface area contributed by atoms with Crippen LogP contribution in [0.25, 0.3) is 0 Å². The molecule has 1 aliphatic heterocycles. The summed E-state index contributed by atoms with van der Waals surface area (Å²) in [5.74, 6) is -1.92. The van der Waals surface area contributed by atoms with Crippen molar-refractivity contribution in [2.24, 2.45) is 5.92 Å². The Bertz CT molecular complexity index is 1480.